The van der Waals surface area contributed by atoms with Gasteiger partial charge in [-0.1, -0.05) is 11.6 Å². The van der Waals surface area contributed by atoms with E-state index in [1.807, 2.05) is 0 Å². The Morgan fingerprint density at radius 3 is 2.67 bits per heavy atom. The first-order valence-corrected chi connectivity index (χ1v) is 9.32. The Hall–Kier alpha value is -2.45. The van der Waals surface area contributed by atoms with Crippen LogP contribution in [0.3, 0.4) is 0 Å². The molecular formula is C18H18ClFN2O4S. The largest absolute Gasteiger partial charge is 0.462 e. The summed E-state index contributed by atoms with van der Waals surface area (Å²) in [4.78, 5) is 36.2. The van der Waals surface area contributed by atoms with Crippen LogP contribution in [0.15, 0.2) is 24.3 Å². The molecule has 2 rings (SSSR count). The second-order valence-corrected chi connectivity index (χ2v) is 6.98. The van der Waals surface area contributed by atoms with Crippen molar-refractivity contribution in [2.45, 2.75) is 20.3 Å². The number of rotatable bonds is 7. The van der Waals surface area contributed by atoms with E-state index in [2.05, 4.69) is 10.6 Å². The van der Waals surface area contributed by atoms with Gasteiger partial charge in [-0.25, -0.2) is 9.18 Å². The Kier molecular flexibility index (Phi) is 7.32. The predicted molar refractivity (Wildman–Crippen MR) is 102 cm³/mol. The minimum Gasteiger partial charge on any atom is -0.462 e. The fraction of sp³-hybridized carbons (Fsp3) is 0.278. The van der Waals surface area contributed by atoms with Crippen molar-refractivity contribution in [1.82, 2.24) is 5.32 Å². The highest BCUT2D eigenvalue weighted by molar-refractivity contribution is 7.18. The smallest absolute Gasteiger partial charge is 0.348 e. The van der Waals surface area contributed by atoms with Gasteiger partial charge in [0.25, 0.3) is 5.91 Å². The van der Waals surface area contributed by atoms with E-state index in [0.717, 1.165) is 23.5 Å². The lowest BCUT2D eigenvalue weighted by molar-refractivity contribution is -0.116. The van der Waals surface area contributed by atoms with E-state index in [4.69, 9.17) is 16.3 Å². The van der Waals surface area contributed by atoms with Gasteiger partial charge in [-0.05, 0) is 43.7 Å². The van der Waals surface area contributed by atoms with Crippen LogP contribution in [0.5, 0.6) is 0 Å². The van der Waals surface area contributed by atoms with Gasteiger partial charge in [0.1, 0.15) is 10.7 Å². The fourth-order valence-corrected chi connectivity index (χ4v) is 3.44. The molecule has 0 radical (unpaired) electrons. The number of thiophene rings is 1. The molecule has 0 unspecified atom stereocenters. The zero-order chi connectivity index (χ0) is 20.0. The van der Waals surface area contributed by atoms with Crippen LogP contribution in [0.1, 0.15) is 38.9 Å². The third-order valence-corrected chi connectivity index (χ3v) is 4.90. The number of aryl methyl sites for hydroxylation is 1. The van der Waals surface area contributed by atoms with Gasteiger partial charge in [0.2, 0.25) is 5.91 Å². The molecule has 0 aliphatic carbocycles. The van der Waals surface area contributed by atoms with Crippen LogP contribution in [-0.2, 0) is 9.53 Å². The normalized spacial score (nSPS) is 10.4. The lowest BCUT2D eigenvalue weighted by atomic mass is 10.2. The van der Waals surface area contributed by atoms with E-state index in [9.17, 15) is 18.8 Å². The second kappa shape index (κ2) is 9.48. The molecule has 2 N–H and O–H groups in total. The van der Waals surface area contributed by atoms with Crippen molar-refractivity contribution >= 4 is 45.7 Å². The molecule has 0 aliphatic rings. The maximum atomic E-state index is 13.0. The lowest BCUT2D eigenvalue weighted by Gasteiger charge is -2.07. The number of benzene rings is 1. The van der Waals surface area contributed by atoms with Crippen molar-refractivity contribution in [2.75, 3.05) is 18.5 Å². The molecule has 1 aromatic heterocycles. The molecule has 0 atom stereocenters. The minimum atomic E-state index is -0.538. The Morgan fingerprint density at radius 2 is 2.00 bits per heavy atom. The molecule has 27 heavy (non-hydrogen) atoms. The third kappa shape index (κ3) is 5.77. The number of amides is 2. The molecule has 144 valence electrons. The summed E-state index contributed by atoms with van der Waals surface area (Å²) in [6, 6.07) is 5.14. The van der Waals surface area contributed by atoms with E-state index in [-0.39, 0.29) is 36.1 Å². The van der Waals surface area contributed by atoms with Crippen LogP contribution in [0.2, 0.25) is 5.02 Å². The number of anilines is 1. The van der Waals surface area contributed by atoms with Gasteiger partial charge in [0.05, 0.1) is 22.2 Å². The van der Waals surface area contributed by atoms with Gasteiger partial charge < -0.3 is 15.4 Å². The molecule has 0 spiro atoms. The summed E-state index contributed by atoms with van der Waals surface area (Å²) in [7, 11) is 0. The molecule has 2 aromatic rings. The minimum absolute atomic E-state index is 0.00231. The highest BCUT2D eigenvalue weighted by Gasteiger charge is 2.16. The van der Waals surface area contributed by atoms with Crippen LogP contribution in [0.25, 0.3) is 0 Å². The average Bonchev–Trinajstić information content (AvgIpc) is 2.95. The summed E-state index contributed by atoms with van der Waals surface area (Å²) in [5, 5.41) is 5.75. The summed E-state index contributed by atoms with van der Waals surface area (Å²) >= 11 is 6.95. The van der Waals surface area contributed by atoms with Crippen LogP contribution < -0.4 is 10.6 Å². The molecule has 1 aromatic carbocycles. The SMILES string of the molecule is CCOC(=O)c1sc(NC(=O)CCNC(=O)c2ccc(F)cc2Cl)cc1C. The summed E-state index contributed by atoms with van der Waals surface area (Å²) in [6.45, 7) is 3.82. The van der Waals surface area contributed by atoms with Crippen LogP contribution in [0.4, 0.5) is 9.39 Å². The van der Waals surface area contributed by atoms with Crippen molar-refractivity contribution < 1.29 is 23.5 Å². The fourth-order valence-electron chi connectivity index (χ4n) is 2.20. The number of ether oxygens (including phenoxy) is 1. The number of esters is 1. The summed E-state index contributed by atoms with van der Waals surface area (Å²) in [5.74, 6) is -1.78. The number of carbonyl (C=O) groups excluding carboxylic acids is 3. The Labute approximate surface area is 164 Å². The molecule has 9 heteroatoms. The Morgan fingerprint density at radius 1 is 1.26 bits per heavy atom. The summed E-state index contributed by atoms with van der Waals surface area (Å²) < 4.78 is 18.0. The lowest BCUT2D eigenvalue weighted by Crippen LogP contribution is -2.27. The average molecular weight is 413 g/mol. The monoisotopic (exact) mass is 412 g/mol. The van der Waals surface area contributed by atoms with E-state index >= 15 is 0 Å². The third-order valence-electron chi connectivity index (χ3n) is 3.45. The molecule has 0 saturated heterocycles. The van der Waals surface area contributed by atoms with E-state index < -0.39 is 17.7 Å². The number of carbonyl (C=O) groups is 3. The second-order valence-electron chi connectivity index (χ2n) is 5.52. The van der Waals surface area contributed by atoms with Crippen LogP contribution in [-0.4, -0.2) is 30.9 Å². The van der Waals surface area contributed by atoms with Gasteiger partial charge in [-0.2, -0.15) is 0 Å². The van der Waals surface area contributed by atoms with Crippen molar-refractivity contribution in [1.29, 1.82) is 0 Å². The standard InChI is InChI=1S/C18H18ClFN2O4S/c1-3-26-18(25)16-10(2)8-15(27-16)22-14(23)6-7-21-17(24)12-5-4-11(20)9-13(12)19/h4-5,8-9H,3,6-7H2,1-2H3,(H,21,24)(H,22,23). The predicted octanol–water partition coefficient (Wildman–Crippen LogP) is 3.78. The molecular weight excluding hydrogens is 395 g/mol. The summed E-state index contributed by atoms with van der Waals surface area (Å²) in [5.41, 5.74) is 0.847. The molecule has 1 heterocycles. The Bertz CT molecular complexity index is 869. The topological polar surface area (TPSA) is 84.5 Å². The number of halogens is 2. The zero-order valence-electron chi connectivity index (χ0n) is 14.7. The van der Waals surface area contributed by atoms with Crippen LogP contribution >= 0.6 is 22.9 Å². The first-order valence-electron chi connectivity index (χ1n) is 8.12. The Balaban J connectivity index is 1.85. The molecule has 6 nitrogen and oxygen atoms in total. The highest BCUT2D eigenvalue weighted by Crippen LogP contribution is 2.27. The maximum Gasteiger partial charge on any atom is 0.348 e. The van der Waals surface area contributed by atoms with Crippen molar-refractivity contribution in [3.63, 3.8) is 0 Å². The molecule has 0 aliphatic heterocycles. The molecule has 2 amide bonds. The zero-order valence-corrected chi connectivity index (χ0v) is 16.3. The van der Waals surface area contributed by atoms with Gasteiger partial charge in [0, 0.05) is 13.0 Å². The molecule has 0 fully saturated rings. The first-order chi connectivity index (χ1) is 12.8. The van der Waals surface area contributed by atoms with Crippen molar-refractivity contribution in [2.24, 2.45) is 0 Å². The number of hydrogen-bond acceptors (Lipinski definition) is 5. The molecule has 0 saturated carbocycles. The van der Waals surface area contributed by atoms with Crippen molar-refractivity contribution in [3.05, 3.63) is 51.1 Å². The van der Waals surface area contributed by atoms with E-state index in [1.54, 1.807) is 19.9 Å². The number of nitrogens with one attached hydrogen (secondary N) is 2. The van der Waals surface area contributed by atoms with Gasteiger partial charge in [-0.15, -0.1) is 11.3 Å². The van der Waals surface area contributed by atoms with Gasteiger partial charge in [-0.3, -0.25) is 9.59 Å². The molecule has 0 bridgehead atoms. The number of hydrogen-bond donors (Lipinski definition) is 2. The van der Waals surface area contributed by atoms with E-state index in [0.29, 0.717) is 15.4 Å². The van der Waals surface area contributed by atoms with E-state index in [1.165, 1.54) is 6.07 Å². The van der Waals surface area contributed by atoms with Crippen LogP contribution in [0, 0.1) is 12.7 Å². The highest BCUT2D eigenvalue weighted by atomic mass is 35.5. The quantitative estimate of drug-likeness (QED) is 0.678. The van der Waals surface area contributed by atoms with Gasteiger partial charge in [0.15, 0.2) is 0 Å². The maximum absolute atomic E-state index is 13.0. The van der Waals surface area contributed by atoms with Gasteiger partial charge >= 0.3 is 5.97 Å². The first kappa shape index (κ1) is 20.9. The van der Waals surface area contributed by atoms with Crippen molar-refractivity contribution in [3.8, 4) is 0 Å². The summed E-state index contributed by atoms with van der Waals surface area (Å²) in [6.07, 6.45) is 0.0240.